The summed E-state index contributed by atoms with van der Waals surface area (Å²) in [5, 5.41) is 12.5. The van der Waals surface area contributed by atoms with E-state index in [0.29, 0.717) is 19.2 Å². The van der Waals surface area contributed by atoms with Gasteiger partial charge in [-0.3, -0.25) is 4.90 Å². The summed E-state index contributed by atoms with van der Waals surface area (Å²) >= 11 is 0. The number of hydrogen-bond acceptors (Lipinski definition) is 3. The first-order valence-electron chi connectivity index (χ1n) is 5.83. The maximum atomic E-state index is 13.7. The lowest BCUT2D eigenvalue weighted by molar-refractivity contribution is 0.108. The van der Waals surface area contributed by atoms with Gasteiger partial charge in [0.05, 0.1) is 12.6 Å². The zero-order chi connectivity index (χ0) is 13.1. The van der Waals surface area contributed by atoms with E-state index in [1.54, 1.807) is 0 Å². The first kappa shape index (κ1) is 13.3. The summed E-state index contributed by atoms with van der Waals surface area (Å²) in [7, 11) is 0. The van der Waals surface area contributed by atoms with Crippen LogP contribution in [0.1, 0.15) is 11.6 Å². The number of aliphatic hydroxyl groups is 1. The Bertz CT molecular complexity index is 422. The third-order valence-corrected chi connectivity index (χ3v) is 3.16. The fourth-order valence-corrected chi connectivity index (χ4v) is 2.20. The van der Waals surface area contributed by atoms with Gasteiger partial charge in [0.2, 0.25) is 0 Å². The highest BCUT2D eigenvalue weighted by atomic mass is 19.2. The zero-order valence-corrected chi connectivity index (χ0v) is 9.80. The van der Waals surface area contributed by atoms with Gasteiger partial charge in [-0.15, -0.1) is 0 Å². The Balaban J connectivity index is 2.28. The normalized spacial score (nSPS) is 18.9. The highest BCUT2D eigenvalue weighted by molar-refractivity contribution is 5.24. The molecule has 1 fully saturated rings. The van der Waals surface area contributed by atoms with E-state index in [9.17, 15) is 18.3 Å². The molecule has 3 nitrogen and oxygen atoms in total. The van der Waals surface area contributed by atoms with Crippen molar-refractivity contribution in [2.24, 2.45) is 0 Å². The number of piperazine rings is 1. The van der Waals surface area contributed by atoms with Crippen LogP contribution in [-0.4, -0.2) is 42.8 Å². The van der Waals surface area contributed by atoms with Crippen LogP contribution in [-0.2, 0) is 0 Å². The predicted octanol–water partition coefficient (Wildman–Crippen LogP) is 1.04. The summed E-state index contributed by atoms with van der Waals surface area (Å²) in [5.41, 5.74) is -0.00157. The summed E-state index contributed by atoms with van der Waals surface area (Å²) in [6, 6.07) is 0.713. The fraction of sp³-hybridized carbons (Fsp3) is 0.500. The van der Waals surface area contributed by atoms with Gasteiger partial charge in [-0.2, -0.15) is 0 Å². The van der Waals surface area contributed by atoms with E-state index in [2.05, 4.69) is 5.32 Å². The van der Waals surface area contributed by atoms with Crippen molar-refractivity contribution in [2.45, 2.75) is 6.04 Å². The molecule has 0 unspecified atom stereocenters. The van der Waals surface area contributed by atoms with Gasteiger partial charge >= 0.3 is 0 Å². The third kappa shape index (κ3) is 2.66. The van der Waals surface area contributed by atoms with Crippen LogP contribution in [0.4, 0.5) is 13.2 Å². The van der Waals surface area contributed by atoms with E-state index in [1.165, 1.54) is 0 Å². The maximum absolute atomic E-state index is 13.7. The molecule has 2 rings (SSSR count). The lowest BCUT2D eigenvalue weighted by atomic mass is 10.0. The average Bonchev–Trinajstić information content (AvgIpc) is 2.38. The van der Waals surface area contributed by atoms with E-state index in [4.69, 9.17) is 0 Å². The largest absolute Gasteiger partial charge is 0.394 e. The first-order chi connectivity index (χ1) is 8.63. The Morgan fingerprint density at radius 1 is 1.11 bits per heavy atom. The molecule has 0 saturated carbocycles. The molecule has 0 aliphatic carbocycles. The molecule has 1 saturated heterocycles. The number of rotatable bonds is 3. The number of nitrogens with zero attached hydrogens (tertiary/aromatic N) is 1. The van der Waals surface area contributed by atoms with E-state index in [1.807, 2.05) is 4.90 Å². The van der Waals surface area contributed by atoms with E-state index >= 15 is 0 Å². The fourth-order valence-electron chi connectivity index (χ4n) is 2.20. The Kier molecular flexibility index (Phi) is 4.21. The molecule has 1 aliphatic rings. The van der Waals surface area contributed by atoms with Gasteiger partial charge in [-0.25, -0.2) is 13.2 Å². The van der Waals surface area contributed by atoms with Crippen molar-refractivity contribution >= 4 is 0 Å². The van der Waals surface area contributed by atoms with E-state index in [0.717, 1.165) is 19.2 Å². The van der Waals surface area contributed by atoms with Crippen LogP contribution in [0.2, 0.25) is 0 Å². The SMILES string of the molecule is OC[C@H](c1cc(F)c(F)cc1F)N1CCNCC1. The lowest BCUT2D eigenvalue weighted by Crippen LogP contribution is -2.46. The van der Waals surface area contributed by atoms with Crippen molar-refractivity contribution < 1.29 is 18.3 Å². The first-order valence-corrected chi connectivity index (χ1v) is 5.83. The van der Waals surface area contributed by atoms with Crippen LogP contribution in [0.5, 0.6) is 0 Å². The summed E-state index contributed by atoms with van der Waals surface area (Å²) in [6.45, 7) is 2.37. The van der Waals surface area contributed by atoms with Crippen LogP contribution in [0.25, 0.3) is 0 Å². The topological polar surface area (TPSA) is 35.5 Å². The van der Waals surface area contributed by atoms with Gasteiger partial charge in [0.25, 0.3) is 0 Å². The van der Waals surface area contributed by atoms with Crippen LogP contribution in [0, 0.1) is 17.5 Å². The standard InChI is InChI=1S/C12H15F3N2O/c13-9-6-11(15)10(14)5-8(9)12(7-18)17-3-1-16-2-4-17/h5-6,12,16,18H,1-4,7H2/t12-/m1/s1. The Morgan fingerprint density at radius 2 is 1.72 bits per heavy atom. The molecule has 100 valence electrons. The molecule has 6 heteroatoms. The highest BCUT2D eigenvalue weighted by Crippen LogP contribution is 2.25. The average molecular weight is 260 g/mol. The molecule has 0 spiro atoms. The van der Waals surface area contributed by atoms with E-state index < -0.39 is 23.5 Å². The van der Waals surface area contributed by atoms with Crippen molar-refractivity contribution in [2.75, 3.05) is 32.8 Å². The smallest absolute Gasteiger partial charge is 0.161 e. The van der Waals surface area contributed by atoms with Crippen molar-refractivity contribution in [1.82, 2.24) is 10.2 Å². The Labute approximate surface area is 103 Å². The second-order valence-corrected chi connectivity index (χ2v) is 4.27. The van der Waals surface area contributed by atoms with Crippen molar-refractivity contribution in [3.05, 3.63) is 35.1 Å². The van der Waals surface area contributed by atoms with Crippen LogP contribution >= 0.6 is 0 Å². The second kappa shape index (κ2) is 5.69. The molecule has 1 aliphatic heterocycles. The molecule has 0 bridgehead atoms. The van der Waals surface area contributed by atoms with E-state index in [-0.39, 0.29) is 12.2 Å². The number of nitrogens with one attached hydrogen (secondary N) is 1. The molecule has 0 amide bonds. The van der Waals surface area contributed by atoms with Crippen molar-refractivity contribution in [1.29, 1.82) is 0 Å². The Morgan fingerprint density at radius 3 is 2.33 bits per heavy atom. The monoisotopic (exact) mass is 260 g/mol. The summed E-state index contributed by atoms with van der Waals surface area (Å²) in [4.78, 5) is 1.85. The minimum absolute atomic E-state index is 0.00157. The molecule has 1 atom stereocenters. The maximum Gasteiger partial charge on any atom is 0.161 e. The second-order valence-electron chi connectivity index (χ2n) is 4.27. The van der Waals surface area contributed by atoms with Crippen molar-refractivity contribution in [3.63, 3.8) is 0 Å². The molecular formula is C12H15F3N2O. The summed E-state index contributed by atoms with van der Waals surface area (Å²) in [6.07, 6.45) is 0. The number of aliphatic hydroxyl groups excluding tert-OH is 1. The molecule has 0 aromatic heterocycles. The van der Waals surface area contributed by atoms with Crippen LogP contribution in [0.3, 0.4) is 0 Å². The van der Waals surface area contributed by atoms with Gasteiger partial charge in [-0.1, -0.05) is 0 Å². The third-order valence-electron chi connectivity index (χ3n) is 3.16. The molecule has 18 heavy (non-hydrogen) atoms. The zero-order valence-electron chi connectivity index (χ0n) is 9.80. The van der Waals surface area contributed by atoms with Gasteiger partial charge in [0, 0.05) is 37.8 Å². The minimum Gasteiger partial charge on any atom is -0.394 e. The summed E-state index contributed by atoms with van der Waals surface area (Å²) in [5.74, 6) is -3.14. The quantitative estimate of drug-likeness (QED) is 0.797. The van der Waals surface area contributed by atoms with Gasteiger partial charge in [-0.05, 0) is 6.07 Å². The number of benzene rings is 1. The van der Waals surface area contributed by atoms with Crippen molar-refractivity contribution in [3.8, 4) is 0 Å². The summed E-state index contributed by atoms with van der Waals surface area (Å²) < 4.78 is 39.7. The highest BCUT2D eigenvalue weighted by Gasteiger charge is 2.25. The molecule has 1 aromatic carbocycles. The van der Waals surface area contributed by atoms with Crippen LogP contribution in [0.15, 0.2) is 12.1 Å². The number of hydrogen-bond donors (Lipinski definition) is 2. The van der Waals surface area contributed by atoms with Gasteiger partial charge in [0.15, 0.2) is 11.6 Å². The minimum atomic E-state index is -1.21. The molecule has 1 heterocycles. The van der Waals surface area contributed by atoms with Crippen LogP contribution < -0.4 is 5.32 Å². The predicted molar refractivity (Wildman–Crippen MR) is 60.6 cm³/mol. The molecule has 0 radical (unpaired) electrons. The van der Waals surface area contributed by atoms with Gasteiger partial charge < -0.3 is 10.4 Å². The molecule has 1 aromatic rings. The number of halogens is 3. The van der Waals surface area contributed by atoms with Gasteiger partial charge in [0.1, 0.15) is 5.82 Å². The molecular weight excluding hydrogens is 245 g/mol. The lowest BCUT2D eigenvalue weighted by Gasteiger charge is -2.34. The molecule has 2 N–H and O–H groups in total. The Hall–Kier alpha value is -1.11.